The van der Waals surface area contributed by atoms with E-state index in [9.17, 15) is 19.5 Å². The van der Waals surface area contributed by atoms with Gasteiger partial charge in [0.15, 0.2) is 0 Å². The van der Waals surface area contributed by atoms with Crippen molar-refractivity contribution in [2.75, 3.05) is 11.9 Å². The molecule has 1 heterocycles. The van der Waals surface area contributed by atoms with E-state index in [-0.39, 0.29) is 23.7 Å². The zero-order chi connectivity index (χ0) is 20.5. The number of hydrogen-bond donors (Lipinski definition) is 2. The van der Waals surface area contributed by atoms with Crippen LogP contribution >= 0.6 is 11.3 Å². The van der Waals surface area contributed by atoms with E-state index in [1.54, 1.807) is 0 Å². The molecule has 1 aromatic rings. The summed E-state index contributed by atoms with van der Waals surface area (Å²) in [5.74, 6) is -3.01. The number of carboxylic acids is 1. The highest BCUT2D eigenvalue weighted by Crippen LogP contribution is 2.49. The first-order chi connectivity index (χ1) is 14.0. The molecule has 29 heavy (non-hydrogen) atoms. The van der Waals surface area contributed by atoms with Crippen molar-refractivity contribution in [1.82, 2.24) is 0 Å². The molecule has 0 aromatic carbocycles. The van der Waals surface area contributed by atoms with Gasteiger partial charge in [0.2, 0.25) is 5.91 Å². The lowest BCUT2D eigenvalue weighted by Gasteiger charge is -2.23. The van der Waals surface area contributed by atoms with Crippen LogP contribution in [-0.2, 0) is 27.2 Å². The van der Waals surface area contributed by atoms with Crippen molar-refractivity contribution in [1.29, 1.82) is 0 Å². The van der Waals surface area contributed by atoms with Crippen molar-refractivity contribution < 1.29 is 24.2 Å². The van der Waals surface area contributed by atoms with Crippen LogP contribution in [-0.4, -0.2) is 29.6 Å². The van der Waals surface area contributed by atoms with Crippen LogP contribution < -0.4 is 5.32 Å². The Kier molecular flexibility index (Phi) is 5.76. The number of rotatable bonds is 7. The molecule has 0 saturated heterocycles. The third-order valence-corrected chi connectivity index (χ3v) is 7.60. The van der Waals surface area contributed by atoms with E-state index in [0.717, 1.165) is 49.0 Å². The van der Waals surface area contributed by atoms with Gasteiger partial charge in [0.1, 0.15) is 5.00 Å². The van der Waals surface area contributed by atoms with Crippen molar-refractivity contribution >= 4 is 34.2 Å². The molecule has 0 unspecified atom stereocenters. The van der Waals surface area contributed by atoms with Crippen LogP contribution in [0, 0.1) is 23.7 Å². The summed E-state index contributed by atoms with van der Waals surface area (Å²) in [7, 11) is 0. The Hall–Kier alpha value is -2.15. The van der Waals surface area contributed by atoms with Gasteiger partial charge in [-0.15, -0.1) is 11.3 Å². The number of allylic oxidation sites excluding steroid dienone is 2. The molecule has 3 aliphatic rings. The van der Waals surface area contributed by atoms with Crippen LogP contribution in [0.5, 0.6) is 0 Å². The number of hydrogen-bond acceptors (Lipinski definition) is 5. The Bertz CT molecular complexity index is 858. The van der Waals surface area contributed by atoms with E-state index in [0.29, 0.717) is 23.6 Å². The molecular formula is C22H27NO5S. The average Bonchev–Trinajstić information content (AvgIpc) is 3.40. The predicted octanol–water partition coefficient (Wildman–Crippen LogP) is 4.05. The number of anilines is 1. The Balaban J connectivity index is 1.59. The summed E-state index contributed by atoms with van der Waals surface area (Å²) >= 11 is 1.45. The highest BCUT2D eigenvalue weighted by atomic mass is 32.1. The quantitative estimate of drug-likeness (QED) is 0.397. The summed E-state index contributed by atoms with van der Waals surface area (Å²) in [6.45, 7) is 2.40. The monoisotopic (exact) mass is 417 g/mol. The van der Waals surface area contributed by atoms with Gasteiger partial charge in [0, 0.05) is 4.88 Å². The van der Waals surface area contributed by atoms with Gasteiger partial charge < -0.3 is 15.2 Å². The van der Waals surface area contributed by atoms with Crippen molar-refractivity contribution in [2.45, 2.75) is 51.9 Å². The number of amides is 1. The molecular weight excluding hydrogens is 390 g/mol. The third kappa shape index (κ3) is 3.72. The van der Waals surface area contributed by atoms with Crippen molar-refractivity contribution in [3.05, 3.63) is 28.2 Å². The molecule has 3 aliphatic carbocycles. The molecule has 6 nitrogen and oxygen atoms in total. The number of ether oxygens (including phenoxy) is 1. The minimum Gasteiger partial charge on any atom is -0.481 e. The van der Waals surface area contributed by atoms with Crippen molar-refractivity contribution in [3.8, 4) is 0 Å². The van der Waals surface area contributed by atoms with Crippen LogP contribution in [0.25, 0.3) is 0 Å². The molecule has 1 fully saturated rings. The summed E-state index contributed by atoms with van der Waals surface area (Å²) in [5, 5.41) is 13.1. The van der Waals surface area contributed by atoms with Crippen LogP contribution in [0.15, 0.2) is 12.2 Å². The molecule has 7 heteroatoms. The lowest BCUT2D eigenvalue weighted by atomic mass is 9.82. The molecule has 1 aromatic heterocycles. The lowest BCUT2D eigenvalue weighted by Crippen LogP contribution is -2.36. The molecule has 156 valence electrons. The van der Waals surface area contributed by atoms with E-state index in [1.165, 1.54) is 11.3 Å². The standard InChI is InChI=1S/C22H27NO5S/c1-2-3-10-28-22(27)18-14-6-4-5-7-15(14)29-20(18)23-19(24)16-12-8-9-13(11-12)17(16)21(25)26/h8-9,12-13,16-17H,2-7,10-11H2,1H3,(H,23,24)(H,25,26)/t12-,13+,16+,17+/m1/s1. The molecule has 4 rings (SSSR count). The van der Waals surface area contributed by atoms with E-state index >= 15 is 0 Å². The Morgan fingerprint density at radius 1 is 1.17 bits per heavy atom. The molecule has 2 N–H and O–H groups in total. The van der Waals surface area contributed by atoms with Gasteiger partial charge >= 0.3 is 11.9 Å². The first-order valence-electron chi connectivity index (χ1n) is 10.5. The average molecular weight is 418 g/mol. The summed E-state index contributed by atoms with van der Waals surface area (Å²) < 4.78 is 5.46. The van der Waals surface area contributed by atoms with Crippen molar-refractivity contribution in [3.63, 3.8) is 0 Å². The fraction of sp³-hybridized carbons (Fsp3) is 0.591. The first kappa shape index (κ1) is 20.1. The van der Waals surface area contributed by atoms with Crippen LogP contribution in [0.1, 0.15) is 59.8 Å². The number of nitrogens with one attached hydrogen (secondary N) is 1. The number of fused-ring (bicyclic) bond motifs is 3. The fourth-order valence-electron chi connectivity index (χ4n) is 4.96. The number of carboxylic acid groups (broad SMARTS) is 1. The van der Waals surface area contributed by atoms with Crippen LogP contribution in [0.4, 0.5) is 5.00 Å². The van der Waals surface area contributed by atoms with E-state index < -0.39 is 17.8 Å². The molecule has 0 radical (unpaired) electrons. The van der Waals surface area contributed by atoms with Crippen molar-refractivity contribution in [2.24, 2.45) is 23.7 Å². The van der Waals surface area contributed by atoms with Gasteiger partial charge in [0.25, 0.3) is 0 Å². The second kappa shape index (κ2) is 8.30. The molecule has 2 bridgehead atoms. The summed E-state index contributed by atoms with van der Waals surface area (Å²) in [4.78, 5) is 38.8. The zero-order valence-electron chi connectivity index (χ0n) is 16.6. The highest BCUT2D eigenvalue weighted by molar-refractivity contribution is 7.17. The SMILES string of the molecule is CCCCOC(=O)c1c(NC(=O)[C@@H]2[C@@H](C(=O)O)[C@H]3C=C[C@@H]2C3)sc2c1CCCC2. The Morgan fingerprint density at radius 2 is 1.90 bits per heavy atom. The number of esters is 1. The second-order valence-electron chi connectivity index (χ2n) is 8.23. The predicted molar refractivity (Wildman–Crippen MR) is 110 cm³/mol. The van der Waals surface area contributed by atoms with E-state index in [1.807, 2.05) is 19.1 Å². The number of aliphatic carboxylic acids is 1. The Labute approximate surface area is 174 Å². The van der Waals surface area contributed by atoms with Crippen LogP contribution in [0.2, 0.25) is 0 Å². The minimum absolute atomic E-state index is 0.0457. The molecule has 4 atom stereocenters. The number of carbonyl (C=O) groups is 3. The zero-order valence-corrected chi connectivity index (χ0v) is 17.4. The molecule has 1 amide bonds. The molecule has 1 saturated carbocycles. The topological polar surface area (TPSA) is 92.7 Å². The van der Waals surface area contributed by atoms with E-state index in [2.05, 4.69) is 5.32 Å². The summed E-state index contributed by atoms with van der Waals surface area (Å²) in [6.07, 6.45) is 10.1. The lowest BCUT2D eigenvalue weighted by molar-refractivity contribution is -0.146. The number of aryl methyl sites for hydroxylation is 1. The van der Waals surface area contributed by atoms with Gasteiger partial charge in [-0.1, -0.05) is 25.5 Å². The minimum atomic E-state index is -0.924. The maximum atomic E-state index is 13.1. The third-order valence-electron chi connectivity index (χ3n) is 6.39. The largest absolute Gasteiger partial charge is 0.481 e. The number of thiophene rings is 1. The number of unbranched alkanes of at least 4 members (excludes halogenated alkanes) is 1. The fourth-order valence-corrected chi connectivity index (χ4v) is 6.24. The van der Waals surface area contributed by atoms with Gasteiger partial charge in [0.05, 0.1) is 24.0 Å². The van der Waals surface area contributed by atoms with Crippen LogP contribution in [0.3, 0.4) is 0 Å². The molecule has 0 aliphatic heterocycles. The maximum absolute atomic E-state index is 13.1. The van der Waals surface area contributed by atoms with Gasteiger partial charge in [-0.3, -0.25) is 9.59 Å². The van der Waals surface area contributed by atoms with E-state index in [4.69, 9.17) is 4.74 Å². The van der Waals surface area contributed by atoms with Gasteiger partial charge in [-0.05, 0) is 55.9 Å². The summed E-state index contributed by atoms with van der Waals surface area (Å²) in [6, 6.07) is 0. The maximum Gasteiger partial charge on any atom is 0.341 e. The smallest absolute Gasteiger partial charge is 0.341 e. The van der Waals surface area contributed by atoms with Gasteiger partial charge in [-0.25, -0.2) is 4.79 Å². The summed E-state index contributed by atoms with van der Waals surface area (Å²) in [5.41, 5.74) is 1.49. The van der Waals surface area contributed by atoms with Gasteiger partial charge in [-0.2, -0.15) is 0 Å². The highest BCUT2D eigenvalue weighted by Gasteiger charge is 2.51. The normalized spacial score (nSPS) is 26.9. The Morgan fingerprint density at radius 3 is 2.62 bits per heavy atom. The first-order valence-corrected chi connectivity index (χ1v) is 11.4. The second-order valence-corrected chi connectivity index (χ2v) is 9.34. The number of carbonyl (C=O) groups excluding carboxylic acids is 2. The molecule has 0 spiro atoms.